The third-order valence-electron chi connectivity index (χ3n) is 5.59. The van der Waals surface area contributed by atoms with Crippen LogP contribution in [0, 0.1) is 12.7 Å². The Hall–Kier alpha value is -3.20. The third kappa shape index (κ3) is 2.80. The normalized spacial score (nSPS) is 17.9. The Morgan fingerprint density at radius 1 is 1.07 bits per heavy atom. The van der Waals surface area contributed by atoms with Gasteiger partial charge in [-0.25, -0.2) is 4.39 Å². The third-order valence-corrected chi connectivity index (χ3v) is 6.91. The maximum atomic E-state index is 14.0. The Morgan fingerprint density at radius 3 is 2.53 bits per heavy atom. The molecule has 0 spiro atoms. The van der Waals surface area contributed by atoms with Crippen LogP contribution >= 0.6 is 0 Å². The fourth-order valence-corrected chi connectivity index (χ4v) is 5.22. The number of para-hydroxylation sites is 1. The van der Waals surface area contributed by atoms with Gasteiger partial charge in [-0.05, 0) is 25.1 Å². The number of amidine groups is 1. The van der Waals surface area contributed by atoms with Crippen molar-refractivity contribution in [1.29, 1.82) is 0 Å². The van der Waals surface area contributed by atoms with Crippen LogP contribution < -0.4 is 0 Å². The molecule has 0 atom stereocenters. The topological polar surface area (TPSA) is 83.2 Å². The molecule has 2 aromatic carbocycles. The van der Waals surface area contributed by atoms with Gasteiger partial charge >= 0.3 is 0 Å². The summed E-state index contributed by atoms with van der Waals surface area (Å²) in [5, 5.41) is 0.583. The van der Waals surface area contributed by atoms with Gasteiger partial charge in [-0.2, -0.15) is 8.42 Å². The van der Waals surface area contributed by atoms with Gasteiger partial charge in [0.25, 0.3) is 15.9 Å². The molecule has 0 aliphatic carbocycles. The van der Waals surface area contributed by atoms with Crippen molar-refractivity contribution in [2.24, 2.45) is 4.40 Å². The zero-order valence-corrected chi connectivity index (χ0v) is 16.9. The molecule has 3 heterocycles. The van der Waals surface area contributed by atoms with E-state index in [-0.39, 0.29) is 22.1 Å². The molecule has 0 radical (unpaired) electrons. The van der Waals surface area contributed by atoms with Crippen LogP contribution in [-0.4, -0.2) is 56.1 Å². The van der Waals surface area contributed by atoms with Crippen molar-refractivity contribution in [3.05, 3.63) is 65.2 Å². The lowest BCUT2D eigenvalue weighted by molar-refractivity contribution is 0.0661. The summed E-state index contributed by atoms with van der Waals surface area (Å²) >= 11 is 0. The van der Waals surface area contributed by atoms with Crippen LogP contribution in [0.2, 0.25) is 0 Å². The minimum atomic E-state index is -3.69. The van der Waals surface area contributed by atoms with E-state index >= 15 is 0 Å². The summed E-state index contributed by atoms with van der Waals surface area (Å²) < 4.78 is 48.1. The van der Waals surface area contributed by atoms with Gasteiger partial charge in [0, 0.05) is 42.7 Å². The Bertz CT molecular complexity index is 1320. The second-order valence-electron chi connectivity index (χ2n) is 7.34. The van der Waals surface area contributed by atoms with Crippen LogP contribution in [0.15, 0.2) is 56.2 Å². The number of nitrogens with zero attached hydrogens (tertiary/aromatic N) is 3. The lowest BCUT2D eigenvalue weighted by Gasteiger charge is -2.35. The van der Waals surface area contributed by atoms with Gasteiger partial charge in [-0.3, -0.25) is 4.79 Å². The molecule has 2 aliphatic heterocycles. The molecule has 0 saturated carbocycles. The highest BCUT2D eigenvalue weighted by Crippen LogP contribution is 2.30. The van der Waals surface area contributed by atoms with Gasteiger partial charge in [-0.15, -0.1) is 4.40 Å². The van der Waals surface area contributed by atoms with E-state index < -0.39 is 15.8 Å². The number of benzene rings is 2. The number of amides is 1. The predicted octanol–water partition coefficient (Wildman–Crippen LogP) is 2.79. The van der Waals surface area contributed by atoms with Crippen LogP contribution in [0.5, 0.6) is 0 Å². The maximum Gasteiger partial charge on any atom is 0.290 e. The Labute approximate surface area is 172 Å². The standard InChI is InChI=1S/C21H18FN3O4S/c1-13-14-6-4-7-16(22)19(14)29-18(13)21(26)25-11-9-24(10-12-25)20-15-5-2-3-8-17(15)30(27,28)23-20/h2-8H,9-12H2,1H3. The van der Waals surface area contributed by atoms with Gasteiger partial charge in [-0.1, -0.05) is 24.3 Å². The van der Waals surface area contributed by atoms with Gasteiger partial charge in [0.05, 0.1) is 0 Å². The number of carbonyl (C=O) groups is 1. The summed E-state index contributed by atoms with van der Waals surface area (Å²) in [4.78, 5) is 16.7. The zero-order chi connectivity index (χ0) is 21.0. The van der Waals surface area contributed by atoms with E-state index in [1.165, 1.54) is 6.07 Å². The van der Waals surface area contributed by atoms with E-state index in [1.807, 2.05) is 4.90 Å². The smallest absolute Gasteiger partial charge is 0.290 e. The average molecular weight is 427 g/mol. The fourth-order valence-electron chi connectivity index (χ4n) is 3.99. The van der Waals surface area contributed by atoms with Crippen molar-refractivity contribution < 1.29 is 22.0 Å². The van der Waals surface area contributed by atoms with Gasteiger partial charge < -0.3 is 14.2 Å². The molecule has 3 aromatic rings. The quantitative estimate of drug-likeness (QED) is 0.596. The van der Waals surface area contributed by atoms with Crippen molar-refractivity contribution in [2.75, 3.05) is 26.2 Å². The first-order chi connectivity index (χ1) is 14.4. The zero-order valence-electron chi connectivity index (χ0n) is 16.1. The van der Waals surface area contributed by atoms with E-state index in [2.05, 4.69) is 4.40 Å². The lowest BCUT2D eigenvalue weighted by atomic mass is 10.1. The molecule has 7 nitrogen and oxygen atoms in total. The van der Waals surface area contributed by atoms with Crippen LogP contribution in [0.4, 0.5) is 4.39 Å². The summed E-state index contributed by atoms with van der Waals surface area (Å²) in [7, 11) is -3.69. The van der Waals surface area contributed by atoms with Gasteiger partial charge in [0.1, 0.15) is 4.90 Å². The molecule has 5 rings (SSSR count). The number of hydrogen-bond acceptors (Lipinski definition) is 5. The monoisotopic (exact) mass is 427 g/mol. The average Bonchev–Trinajstić information content (AvgIpc) is 3.23. The lowest BCUT2D eigenvalue weighted by Crippen LogP contribution is -2.50. The SMILES string of the molecule is Cc1c(C(=O)N2CCN(C3=NS(=O)(=O)c4ccccc43)CC2)oc2c(F)cccc12. The Morgan fingerprint density at radius 2 is 1.80 bits per heavy atom. The highest BCUT2D eigenvalue weighted by atomic mass is 32.2. The molecular weight excluding hydrogens is 409 g/mol. The summed E-state index contributed by atoms with van der Waals surface area (Å²) in [6.45, 7) is 3.35. The van der Waals surface area contributed by atoms with Crippen molar-refractivity contribution in [3.63, 3.8) is 0 Å². The molecule has 1 amide bonds. The number of carbonyl (C=O) groups excluding carboxylic acids is 1. The Kier molecular flexibility index (Phi) is 4.18. The van der Waals surface area contributed by atoms with Crippen molar-refractivity contribution in [2.45, 2.75) is 11.8 Å². The number of halogens is 1. The first kappa shape index (κ1) is 18.8. The number of fused-ring (bicyclic) bond motifs is 2. The second-order valence-corrected chi connectivity index (χ2v) is 8.91. The highest BCUT2D eigenvalue weighted by molar-refractivity contribution is 7.90. The Balaban J connectivity index is 1.37. The van der Waals surface area contributed by atoms with Crippen molar-refractivity contribution in [3.8, 4) is 0 Å². The maximum absolute atomic E-state index is 14.0. The summed E-state index contributed by atoms with van der Waals surface area (Å²) in [5.74, 6) is -0.253. The first-order valence-corrected chi connectivity index (χ1v) is 11.0. The molecular formula is C21H18FN3O4S. The fraction of sp³-hybridized carbons (Fsp3) is 0.238. The van der Waals surface area contributed by atoms with Crippen LogP contribution in [0.25, 0.3) is 11.0 Å². The molecule has 1 fully saturated rings. The number of sulfonamides is 1. The van der Waals surface area contributed by atoms with Crippen LogP contribution in [0.3, 0.4) is 0 Å². The van der Waals surface area contributed by atoms with E-state index in [9.17, 15) is 17.6 Å². The summed E-state index contributed by atoms with van der Waals surface area (Å²) in [5.41, 5.74) is 1.28. The van der Waals surface area contributed by atoms with Crippen molar-refractivity contribution >= 4 is 32.7 Å². The second kappa shape index (κ2) is 6.66. The molecule has 1 aromatic heterocycles. The van der Waals surface area contributed by atoms with Gasteiger partial charge in [0.2, 0.25) is 0 Å². The predicted molar refractivity (Wildman–Crippen MR) is 109 cm³/mol. The summed E-state index contributed by atoms with van der Waals surface area (Å²) in [6.07, 6.45) is 0. The molecule has 154 valence electrons. The molecule has 2 aliphatic rings. The highest BCUT2D eigenvalue weighted by Gasteiger charge is 2.34. The molecule has 1 saturated heterocycles. The minimum Gasteiger partial charge on any atom is -0.448 e. The number of aryl methyl sites for hydroxylation is 1. The van der Waals surface area contributed by atoms with E-state index in [4.69, 9.17) is 4.42 Å². The van der Waals surface area contributed by atoms with Gasteiger partial charge in [0.15, 0.2) is 23.0 Å². The first-order valence-electron chi connectivity index (χ1n) is 9.53. The van der Waals surface area contributed by atoms with Crippen LogP contribution in [-0.2, 0) is 10.0 Å². The van der Waals surface area contributed by atoms with E-state index in [0.717, 1.165) is 0 Å². The molecule has 0 bridgehead atoms. The molecule has 0 unspecified atom stereocenters. The number of piperazine rings is 1. The summed E-state index contributed by atoms with van der Waals surface area (Å²) in [6, 6.07) is 11.3. The van der Waals surface area contributed by atoms with Crippen LogP contribution in [0.1, 0.15) is 21.7 Å². The number of rotatable bonds is 1. The molecule has 9 heteroatoms. The molecule has 0 N–H and O–H groups in total. The largest absolute Gasteiger partial charge is 0.448 e. The van der Waals surface area contributed by atoms with Crippen molar-refractivity contribution in [1.82, 2.24) is 9.80 Å². The van der Waals surface area contributed by atoms with E-state index in [1.54, 1.807) is 48.2 Å². The van der Waals surface area contributed by atoms with E-state index in [0.29, 0.717) is 48.5 Å². The molecule has 30 heavy (non-hydrogen) atoms. The number of furan rings is 1. The minimum absolute atomic E-state index is 0.0825. The number of hydrogen-bond donors (Lipinski definition) is 0.